The molecule has 0 radical (unpaired) electrons. The molecule has 0 spiro atoms. The molecule has 7 heteroatoms. The number of hydrogen-bond acceptors (Lipinski definition) is 5. The number of amides is 1. The summed E-state index contributed by atoms with van der Waals surface area (Å²) in [6.45, 7) is 19.3. The highest BCUT2D eigenvalue weighted by Crippen LogP contribution is 2.36. The Hall–Kier alpha value is -4.05. The summed E-state index contributed by atoms with van der Waals surface area (Å²) in [5.41, 5.74) is 5.77. The van der Waals surface area contributed by atoms with Crippen LogP contribution in [0, 0.1) is 23.7 Å². The monoisotopic (exact) mass is 499 g/mol. The summed E-state index contributed by atoms with van der Waals surface area (Å²) in [6, 6.07) is 12.1. The molecular weight excluding hydrogens is 462 g/mol. The van der Waals surface area contributed by atoms with Gasteiger partial charge in [0.15, 0.2) is 5.75 Å². The number of rotatable bonds is 7. The van der Waals surface area contributed by atoms with Crippen LogP contribution in [-0.4, -0.2) is 29.1 Å². The first-order valence-corrected chi connectivity index (χ1v) is 12.3. The van der Waals surface area contributed by atoms with E-state index >= 15 is 0 Å². The topological polar surface area (TPSA) is 92.0 Å². The van der Waals surface area contributed by atoms with E-state index in [1.165, 1.54) is 0 Å². The molecule has 1 aromatic heterocycles. The number of carbonyl (C=O) groups excluding carboxylic acids is 1. The number of nitrogens with zero attached hydrogens (tertiary/aromatic N) is 3. The van der Waals surface area contributed by atoms with E-state index in [1.54, 1.807) is 19.6 Å². The van der Waals surface area contributed by atoms with E-state index in [4.69, 9.17) is 4.74 Å². The minimum absolute atomic E-state index is 0.0143. The van der Waals surface area contributed by atoms with Gasteiger partial charge in [-0.05, 0) is 52.6 Å². The molecule has 37 heavy (non-hydrogen) atoms. The van der Waals surface area contributed by atoms with E-state index in [2.05, 4.69) is 69.8 Å². The highest BCUT2D eigenvalue weighted by molar-refractivity contribution is 5.92. The van der Waals surface area contributed by atoms with Crippen molar-refractivity contribution < 1.29 is 9.53 Å². The first-order valence-electron chi connectivity index (χ1n) is 12.3. The molecule has 3 rings (SSSR count). The molecule has 0 bridgehead atoms. The van der Waals surface area contributed by atoms with E-state index in [0.717, 1.165) is 22.4 Å². The average molecular weight is 500 g/mol. The lowest BCUT2D eigenvalue weighted by Crippen LogP contribution is -2.32. The molecule has 0 fully saturated rings. The van der Waals surface area contributed by atoms with Crippen molar-refractivity contribution in [3.8, 4) is 17.5 Å². The van der Waals surface area contributed by atoms with Crippen molar-refractivity contribution in [3.63, 3.8) is 0 Å². The number of nitriles is 1. The Balaban J connectivity index is 1.91. The maximum Gasteiger partial charge on any atom is 0.271 e. The van der Waals surface area contributed by atoms with Crippen molar-refractivity contribution in [1.29, 1.82) is 5.26 Å². The Labute approximate surface area is 220 Å². The number of nitrogens with one attached hydrogen (secondary N) is 2. The number of aromatic nitrogens is 2. The van der Waals surface area contributed by atoms with Gasteiger partial charge in [0.2, 0.25) is 0 Å². The van der Waals surface area contributed by atoms with Gasteiger partial charge in [-0.1, -0.05) is 60.3 Å². The van der Waals surface area contributed by atoms with E-state index < -0.39 is 0 Å². The van der Waals surface area contributed by atoms with Crippen LogP contribution in [0.25, 0.3) is 11.4 Å². The van der Waals surface area contributed by atoms with Crippen molar-refractivity contribution in [2.75, 3.05) is 19.0 Å². The lowest BCUT2D eigenvalue weighted by atomic mass is 9.85. The number of methoxy groups -OCH3 is 1. The molecule has 0 aliphatic heterocycles. The van der Waals surface area contributed by atoms with Gasteiger partial charge in [-0.25, -0.2) is 4.98 Å². The summed E-state index contributed by atoms with van der Waals surface area (Å²) in [4.78, 5) is 16.9. The molecule has 0 aliphatic carbocycles. The Kier molecular flexibility index (Phi) is 7.83. The highest BCUT2D eigenvalue weighted by atomic mass is 16.5. The normalized spacial score (nSPS) is 11.5. The molecule has 2 aromatic carbocycles. The lowest BCUT2D eigenvalue weighted by molar-refractivity contribution is 0.0934. The quantitative estimate of drug-likeness (QED) is 0.403. The number of imidazole rings is 1. The fourth-order valence-electron chi connectivity index (χ4n) is 3.78. The summed E-state index contributed by atoms with van der Waals surface area (Å²) in [6.07, 6.45) is 3.37. The number of benzene rings is 2. The molecule has 1 heterocycles. The Bertz CT molecular complexity index is 1360. The number of anilines is 1. The second-order valence-electron chi connectivity index (χ2n) is 11.5. The summed E-state index contributed by atoms with van der Waals surface area (Å²) in [5.74, 6) is 0.275. The van der Waals surface area contributed by atoms with Gasteiger partial charge in [0.1, 0.15) is 18.1 Å². The smallest absolute Gasteiger partial charge is 0.271 e. The number of hydrogen-bond donors (Lipinski definition) is 2. The zero-order chi connectivity index (χ0) is 27.5. The maximum atomic E-state index is 12.6. The van der Waals surface area contributed by atoms with Crippen LogP contribution < -0.4 is 15.4 Å². The molecule has 0 saturated carbocycles. The standard InChI is InChI=1S/C30H37N5O2/c1-19-10-11-21(13-26(19)35-16-25(33-18-35)28(36)32-17-29(3,4)5)20(2)34-24-14-23(30(6,7)8)12-22(15-31)27(24)37-9/h10-14,16,18,34H,2,17H2,1,3-9H3,(H,32,36). The SMILES string of the molecule is C=C(Nc1cc(C(C)(C)C)cc(C#N)c1OC)c1ccc(C)c(-n2cnc(C(=O)NCC(C)(C)C)c2)c1. The molecule has 1 amide bonds. The van der Waals surface area contributed by atoms with Gasteiger partial charge >= 0.3 is 0 Å². The summed E-state index contributed by atoms with van der Waals surface area (Å²) in [5, 5.41) is 16.0. The van der Waals surface area contributed by atoms with Crippen LogP contribution in [0.2, 0.25) is 0 Å². The Morgan fingerprint density at radius 3 is 2.46 bits per heavy atom. The minimum Gasteiger partial charge on any atom is -0.493 e. The van der Waals surface area contributed by atoms with Crippen LogP contribution in [-0.2, 0) is 5.41 Å². The number of carbonyl (C=O) groups is 1. The predicted octanol–water partition coefficient (Wildman–Crippen LogP) is 6.22. The Morgan fingerprint density at radius 1 is 1.16 bits per heavy atom. The molecule has 0 atom stereocenters. The van der Waals surface area contributed by atoms with E-state index in [0.29, 0.717) is 34.9 Å². The first-order chi connectivity index (χ1) is 17.2. The second-order valence-corrected chi connectivity index (χ2v) is 11.5. The van der Waals surface area contributed by atoms with Crippen molar-refractivity contribution in [1.82, 2.24) is 14.9 Å². The van der Waals surface area contributed by atoms with E-state index in [-0.39, 0.29) is 16.7 Å². The molecule has 3 aromatic rings. The van der Waals surface area contributed by atoms with E-state index in [1.807, 2.05) is 41.8 Å². The summed E-state index contributed by atoms with van der Waals surface area (Å²) in [7, 11) is 1.55. The molecule has 2 N–H and O–H groups in total. The lowest BCUT2D eigenvalue weighted by Gasteiger charge is -2.23. The number of aryl methyl sites for hydroxylation is 1. The fourth-order valence-corrected chi connectivity index (χ4v) is 3.78. The molecule has 0 saturated heterocycles. The third-order valence-corrected chi connectivity index (χ3v) is 6.00. The molecule has 0 aliphatic rings. The first kappa shape index (κ1) is 27.5. The highest BCUT2D eigenvalue weighted by Gasteiger charge is 2.20. The summed E-state index contributed by atoms with van der Waals surface area (Å²) < 4.78 is 7.41. The molecule has 0 unspecified atom stereocenters. The van der Waals surface area contributed by atoms with Gasteiger partial charge in [0.05, 0.1) is 24.0 Å². The van der Waals surface area contributed by atoms with Gasteiger partial charge in [0, 0.05) is 18.4 Å². The van der Waals surface area contributed by atoms with Crippen molar-refractivity contribution in [3.05, 3.63) is 77.4 Å². The van der Waals surface area contributed by atoms with Crippen LogP contribution in [0.4, 0.5) is 5.69 Å². The average Bonchev–Trinajstić information content (AvgIpc) is 3.31. The number of ether oxygens (including phenoxy) is 1. The van der Waals surface area contributed by atoms with Gasteiger partial charge in [0.25, 0.3) is 5.91 Å². The van der Waals surface area contributed by atoms with Crippen LogP contribution in [0.15, 0.2) is 49.4 Å². The fraction of sp³-hybridized carbons (Fsp3) is 0.367. The third-order valence-electron chi connectivity index (χ3n) is 6.00. The largest absolute Gasteiger partial charge is 0.493 e. The minimum atomic E-state index is -0.201. The van der Waals surface area contributed by atoms with Gasteiger partial charge in [-0.3, -0.25) is 4.79 Å². The van der Waals surface area contributed by atoms with Crippen LogP contribution >= 0.6 is 0 Å². The predicted molar refractivity (Wildman–Crippen MR) is 149 cm³/mol. The van der Waals surface area contributed by atoms with Crippen molar-refractivity contribution >= 4 is 17.3 Å². The molecule has 194 valence electrons. The van der Waals surface area contributed by atoms with Crippen molar-refractivity contribution in [2.24, 2.45) is 5.41 Å². The molecular formula is C30H37N5O2. The van der Waals surface area contributed by atoms with Crippen LogP contribution in [0.5, 0.6) is 5.75 Å². The maximum absolute atomic E-state index is 12.6. The zero-order valence-electron chi connectivity index (χ0n) is 23.1. The van der Waals surface area contributed by atoms with E-state index in [9.17, 15) is 10.1 Å². The van der Waals surface area contributed by atoms with Gasteiger partial charge < -0.3 is 19.9 Å². The second kappa shape index (κ2) is 10.5. The summed E-state index contributed by atoms with van der Waals surface area (Å²) >= 11 is 0. The van der Waals surface area contributed by atoms with Crippen molar-refractivity contribution in [2.45, 2.75) is 53.9 Å². The van der Waals surface area contributed by atoms with Gasteiger partial charge in [-0.2, -0.15) is 5.26 Å². The van der Waals surface area contributed by atoms with Crippen LogP contribution in [0.3, 0.4) is 0 Å². The third kappa shape index (κ3) is 6.59. The zero-order valence-corrected chi connectivity index (χ0v) is 23.1. The molecule has 7 nitrogen and oxygen atoms in total. The Morgan fingerprint density at radius 2 is 1.86 bits per heavy atom. The van der Waals surface area contributed by atoms with Gasteiger partial charge in [-0.15, -0.1) is 0 Å². The van der Waals surface area contributed by atoms with Crippen LogP contribution in [0.1, 0.15) is 74.3 Å².